The summed E-state index contributed by atoms with van der Waals surface area (Å²) in [5, 5.41) is 17.4. The monoisotopic (exact) mass is 187 g/mol. The summed E-state index contributed by atoms with van der Waals surface area (Å²) in [6.45, 7) is 0. The van der Waals surface area contributed by atoms with Crippen LogP contribution in [0.1, 0.15) is 11.1 Å². The number of methoxy groups -OCH3 is 1. The van der Waals surface area contributed by atoms with Gasteiger partial charge in [0.15, 0.2) is 0 Å². The Labute approximate surface area is 82.1 Å². The minimum absolute atomic E-state index is 0.183. The van der Waals surface area contributed by atoms with E-state index in [-0.39, 0.29) is 6.42 Å². The minimum atomic E-state index is 0.183. The molecule has 0 aromatic heterocycles. The lowest BCUT2D eigenvalue weighted by molar-refractivity contribution is 0.409. The van der Waals surface area contributed by atoms with Gasteiger partial charge in [-0.1, -0.05) is 0 Å². The van der Waals surface area contributed by atoms with E-state index < -0.39 is 0 Å². The molecule has 4 nitrogen and oxygen atoms in total. The second-order valence-corrected chi connectivity index (χ2v) is 2.71. The molecule has 1 aromatic carbocycles. The van der Waals surface area contributed by atoms with Crippen LogP contribution in [0.25, 0.3) is 0 Å². The molecule has 0 aliphatic heterocycles. The Morgan fingerprint density at radius 1 is 1.43 bits per heavy atom. The van der Waals surface area contributed by atoms with E-state index in [0.29, 0.717) is 22.6 Å². The van der Waals surface area contributed by atoms with Gasteiger partial charge >= 0.3 is 0 Å². The molecule has 0 amide bonds. The summed E-state index contributed by atoms with van der Waals surface area (Å²) in [4.78, 5) is 0. The highest BCUT2D eigenvalue weighted by molar-refractivity contribution is 5.58. The topological polar surface area (TPSA) is 82.8 Å². The third-order valence-electron chi connectivity index (χ3n) is 1.78. The van der Waals surface area contributed by atoms with Crippen LogP contribution < -0.4 is 10.5 Å². The molecule has 14 heavy (non-hydrogen) atoms. The van der Waals surface area contributed by atoms with Crippen LogP contribution in [0.2, 0.25) is 0 Å². The number of nitriles is 2. The van der Waals surface area contributed by atoms with E-state index in [1.807, 2.05) is 12.1 Å². The van der Waals surface area contributed by atoms with Crippen LogP contribution in [-0.4, -0.2) is 7.11 Å². The second-order valence-electron chi connectivity index (χ2n) is 2.71. The fourth-order valence-electron chi connectivity index (χ4n) is 1.25. The molecule has 0 aliphatic carbocycles. The molecule has 0 saturated carbocycles. The van der Waals surface area contributed by atoms with Gasteiger partial charge in [-0.15, -0.1) is 0 Å². The molecule has 0 atom stereocenters. The van der Waals surface area contributed by atoms with Crippen molar-refractivity contribution in [3.05, 3.63) is 23.3 Å². The number of hydrogen-bond acceptors (Lipinski definition) is 4. The summed E-state index contributed by atoms with van der Waals surface area (Å²) in [6, 6.07) is 7.13. The third kappa shape index (κ3) is 1.75. The van der Waals surface area contributed by atoms with Crippen molar-refractivity contribution in [1.29, 1.82) is 10.5 Å². The van der Waals surface area contributed by atoms with Crippen LogP contribution in [0.15, 0.2) is 12.1 Å². The largest absolute Gasteiger partial charge is 0.495 e. The number of benzene rings is 1. The van der Waals surface area contributed by atoms with Crippen molar-refractivity contribution in [2.45, 2.75) is 6.42 Å². The molecule has 0 aliphatic rings. The molecule has 0 saturated heterocycles. The Hall–Kier alpha value is -2.20. The van der Waals surface area contributed by atoms with Gasteiger partial charge < -0.3 is 10.5 Å². The lowest BCUT2D eigenvalue weighted by atomic mass is 10.1. The Balaban J connectivity index is 3.35. The number of hydrogen-bond donors (Lipinski definition) is 1. The van der Waals surface area contributed by atoms with Crippen LogP contribution in [0, 0.1) is 22.7 Å². The van der Waals surface area contributed by atoms with Crippen LogP contribution in [0.3, 0.4) is 0 Å². The van der Waals surface area contributed by atoms with Gasteiger partial charge in [0.2, 0.25) is 0 Å². The summed E-state index contributed by atoms with van der Waals surface area (Å²) in [5.41, 5.74) is 7.04. The van der Waals surface area contributed by atoms with Crippen LogP contribution in [0.5, 0.6) is 5.75 Å². The van der Waals surface area contributed by atoms with Crippen molar-refractivity contribution in [1.82, 2.24) is 0 Å². The molecule has 0 fully saturated rings. The maximum atomic E-state index is 8.80. The van der Waals surface area contributed by atoms with Crippen LogP contribution in [-0.2, 0) is 6.42 Å². The van der Waals surface area contributed by atoms with E-state index in [1.165, 1.54) is 13.2 Å². The summed E-state index contributed by atoms with van der Waals surface area (Å²) in [7, 11) is 1.47. The van der Waals surface area contributed by atoms with Crippen molar-refractivity contribution in [3.8, 4) is 17.9 Å². The fraction of sp³-hybridized carbons (Fsp3) is 0.200. The molecular formula is C10H9N3O. The van der Waals surface area contributed by atoms with E-state index in [2.05, 4.69) is 0 Å². The van der Waals surface area contributed by atoms with Gasteiger partial charge in [0.05, 0.1) is 25.2 Å². The summed E-state index contributed by atoms with van der Waals surface area (Å²) >= 11 is 0. The van der Waals surface area contributed by atoms with E-state index in [0.717, 1.165) is 0 Å². The molecule has 70 valence electrons. The Kier molecular flexibility index (Phi) is 2.93. The van der Waals surface area contributed by atoms with Crippen LogP contribution >= 0.6 is 0 Å². The Morgan fingerprint density at radius 3 is 2.64 bits per heavy atom. The number of rotatable bonds is 2. The predicted molar refractivity (Wildman–Crippen MR) is 51.4 cm³/mol. The normalized spacial score (nSPS) is 8.79. The molecule has 2 N–H and O–H groups in total. The SMILES string of the molecule is COc1c(C#N)cc(N)cc1CC#N. The van der Waals surface area contributed by atoms with Crippen LogP contribution in [0.4, 0.5) is 5.69 Å². The van der Waals surface area contributed by atoms with Crippen molar-refractivity contribution in [2.24, 2.45) is 0 Å². The molecule has 0 radical (unpaired) electrons. The first-order chi connectivity index (χ1) is 6.72. The molecule has 1 aromatic rings. The van der Waals surface area contributed by atoms with Crippen molar-refractivity contribution < 1.29 is 4.74 Å². The first-order valence-electron chi connectivity index (χ1n) is 3.96. The van der Waals surface area contributed by atoms with Gasteiger partial charge in [0.25, 0.3) is 0 Å². The standard InChI is InChI=1S/C10H9N3O/c1-14-10-7(2-3-11)4-9(13)5-8(10)6-12/h4-5H,2,13H2,1H3. The van der Waals surface area contributed by atoms with Crippen molar-refractivity contribution in [2.75, 3.05) is 12.8 Å². The quantitative estimate of drug-likeness (QED) is 0.705. The van der Waals surface area contributed by atoms with Crippen molar-refractivity contribution >= 4 is 5.69 Å². The molecule has 0 heterocycles. The van der Waals surface area contributed by atoms with Gasteiger partial charge in [-0.05, 0) is 12.1 Å². The maximum Gasteiger partial charge on any atom is 0.141 e. The van der Waals surface area contributed by atoms with Gasteiger partial charge in [-0.25, -0.2) is 0 Å². The molecule has 0 spiro atoms. The number of nitrogens with two attached hydrogens (primary N) is 1. The number of anilines is 1. The van der Waals surface area contributed by atoms with Gasteiger partial charge in [-0.3, -0.25) is 0 Å². The fourth-order valence-corrected chi connectivity index (χ4v) is 1.25. The van der Waals surface area contributed by atoms with E-state index >= 15 is 0 Å². The molecule has 4 heteroatoms. The highest BCUT2D eigenvalue weighted by atomic mass is 16.5. The van der Waals surface area contributed by atoms with Gasteiger partial charge in [-0.2, -0.15) is 10.5 Å². The zero-order valence-electron chi connectivity index (χ0n) is 7.74. The Bertz CT molecular complexity index is 426. The first kappa shape index (κ1) is 9.88. The maximum absolute atomic E-state index is 8.80. The first-order valence-corrected chi connectivity index (χ1v) is 3.96. The summed E-state index contributed by atoms with van der Waals surface area (Å²) < 4.78 is 5.05. The summed E-state index contributed by atoms with van der Waals surface area (Å²) in [5.74, 6) is 0.434. The van der Waals surface area contributed by atoms with Gasteiger partial charge in [0.1, 0.15) is 11.8 Å². The average molecular weight is 187 g/mol. The van der Waals surface area contributed by atoms with E-state index in [1.54, 1.807) is 6.07 Å². The lowest BCUT2D eigenvalue weighted by Gasteiger charge is -2.08. The minimum Gasteiger partial charge on any atom is -0.495 e. The third-order valence-corrected chi connectivity index (χ3v) is 1.78. The highest BCUT2D eigenvalue weighted by Crippen LogP contribution is 2.26. The number of nitrogens with zero attached hydrogens (tertiary/aromatic N) is 2. The average Bonchev–Trinajstić information content (AvgIpc) is 2.17. The highest BCUT2D eigenvalue weighted by Gasteiger charge is 2.09. The Morgan fingerprint density at radius 2 is 2.14 bits per heavy atom. The zero-order chi connectivity index (χ0) is 10.6. The number of ether oxygens (including phenoxy) is 1. The predicted octanol–water partition coefficient (Wildman–Crippen LogP) is 1.22. The smallest absolute Gasteiger partial charge is 0.141 e. The lowest BCUT2D eigenvalue weighted by Crippen LogP contribution is -1.97. The molecule has 1 rings (SSSR count). The van der Waals surface area contributed by atoms with Crippen molar-refractivity contribution in [3.63, 3.8) is 0 Å². The summed E-state index contributed by atoms with van der Waals surface area (Å²) in [6.07, 6.45) is 0.183. The molecular weight excluding hydrogens is 178 g/mol. The van der Waals surface area contributed by atoms with E-state index in [4.69, 9.17) is 21.0 Å². The second kappa shape index (κ2) is 4.15. The molecule has 0 unspecified atom stereocenters. The van der Waals surface area contributed by atoms with Gasteiger partial charge in [0, 0.05) is 11.3 Å². The van der Waals surface area contributed by atoms with E-state index in [9.17, 15) is 0 Å². The number of nitrogen functional groups attached to an aromatic ring is 1. The molecule has 0 bridgehead atoms. The zero-order valence-corrected chi connectivity index (χ0v) is 7.74.